The molecule has 0 saturated heterocycles. The molecule has 0 aliphatic heterocycles. The van der Waals surface area contributed by atoms with Crippen LogP contribution in [0, 0.1) is 0 Å². The van der Waals surface area contributed by atoms with Gasteiger partial charge in [0.05, 0.1) is 6.61 Å². The maximum Gasteiger partial charge on any atom is 0.341 e. The van der Waals surface area contributed by atoms with E-state index in [0.29, 0.717) is 10.6 Å². The smallest absolute Gasteiger partial charge is 0.341 e. The maximum absolute atomic E-state index is 13.4. The summed E-state index contributed by atoms with van der Waals surface area (Å²) in [4.78, 5) is 27.1. The second kappa shape index (κ2) is 9.81. The Labute approximate surface area is 189 Å². The Morgan fingerprint density at radius 1 is 0.935 bits per heavy atom. The molecule has 0 fully saturated rings. The molecule has 1 heterocycles. The van der Waals surface area contributed by atoms with Gasteiger partial charge < -0.3 is 10.1 Å². The molecular formula is C25H21NO3S2. The fraction of sp³-hybridized carbons (Fsp3) is 0.120. The van der Waals surface area contributed by atoms with Gasteiger partial charge >= 0.3 is 5.97 Å². The number of rotatable bonds is 7. The SMILES string of the molecule is CCOC(=O)c1c(NC(=O)C(Sc2ccccc2)c2ccccc2)sc2ccccc12. The zero-order chi connectivity index (χ0) is 21.6. The van der Waals surface area contributed by atoms with Crippen LogP contribution in [0.25, 0.3) is 10.1 Å². The molecule has 0 radical (unpaired) electrons. The largest absolute Gasteiger partial charge is 0.462 e. The van der Waals surface area contributed by atoms with Gasteiger partial charge in [0.15, 0.2) is 0 Å². The third-order valence-corrected chi connectivity index (χ3v) is 7.00. The van der Waals surface area contributed by atoms with Crippen LogP contribution in [0.4, 0.5) is 5.00 Å². The fourth-order valence-corrected chi connectivity index (χ4v) is 5.39. The van der Waals surface area contributed by atoms with E-state index < -0.39 is 11.2 Å². The summed E-state index contributed by atoms with van der Waals surface area (Å²) in [5.41, 5.74) is 1.31. The average Bonchev–Trinajstić information content (AvgIpc) is 3.16. The van der Waals surface area contributed by atoms with Crippen molar-refractivity contribution in [1.29, 1.82) is 0 Å². The van der Waals surface area contributed by atoms with E-state index >= 15 is 0 Å². The minimum atomic E-state index is -0.469. The molecule has 0 spiro atoms. The van der Waals surface area contributed by atoms with Crippen LogP contribution in [0.2, 0.25) is 0 Å². The highest BCUT2D eigenvalue weighted by Gasteiger charge is 2.26. The number of benzene rings is 3. The summed E-state index contributed by atoms with van der Waals surface area (Å²) < 4.78 is 6.19. The first-order valence-corrected chi connectivity index (χ1v) is 11.6. The van der Waals surface area contributed by atoms with Crippen LogP contribution in [0.3, 0.4) is 0 Å². The Kier molecular flexibility index (Phi) is 6.70. The average molecular weight is 448 g/mol. The van der Waals surface area contributed by atoms with Gasteiger partial charge in [-0.3, -0.25) is 4.79 Å². The lowest BCUT2D eigenvalue weighted by Gasteiger charge is -2.17. The topological polar surface area (TPSA) is 55.4 Å². The molecule has 3 aromatic carbocycles. The van der Waals surface area contributed by atoms with Crippen molar-refractivity contribution in [1.82, 2.24) is 0 Å². The highest BCUT2D eigenvalue weighted by Crippen LogP contribution is 2.40. The summed E-state index contributed by atoms with van der Waals surface area (Å²) in [6.45, 7) is 2.04. The van der Waals surface area contributed by atoms with Crippen molar-refractivity contribution < 1.29 is 14.3 Å². The van der Waals surface area contributed by atoms with Crippen molar-refractivity contribution in [3.8, 4) is 0 Å². The summed E-state index contributed by atoms with van der Waals surface area (Å²) in [7, 11) is 0. The third kappa shape index (κ3) is 4.81. The van der Waals surface area contributed by atoms with Crippen LogP contribution in [0.1, 0.15) is 28.1 Å². The van der Waals surface area contributed by atoms with Crippen LogP contribution in [-0.4, -0.2) is 18.5 Å². The van der Waals surface area contributed by atoms with Crippen LogP contribution >= 0.6 is 23.1 Å². The molecule has 6 heteroatoms. The second-order valence-corrected chi connectivity index (χ2v) is 8.96. The molecule has 1 aromatic heterocycles. The molecule has 0 bridgehead atoms. The van der Waals surface area contributed by atoms with Gasteiger partial charge in [0.25, 0.3) is 0 Å². The number of esters is 1. The zero-order valence-corrected chi connectivity index (χ0v) is 18.5. The van der Waals surface area contributed by atoms with Crippen LogP contribution in [0.5, 0.6) is 0 Å². The molecule has 0 aliphatic rings. The quantitative estimate of drug-likeness (QED) is 0.258. The number of amides is 1. The number of carbonyl (C=O) groups is 2. The molecular weight excluding hydrogens is 426 g/mol. The Morgan fingerprint density at radius 2 is 1.58 bits per heavy atom. The summed E-state index contributed by atoms with van der Waals surface area (Å²) in [5, 5.41) is 3.85. The minimum Gasteiger partial charge on any atom is -0.462 e. The van der Waals surface area contributed by atoms with E-state index in [0.717, 1.165) is 20.5 Å². The highest BCUT2D eigenvalue weighted by atomic mass is 32.2. The van der Waals surface area contributed by atoms with Crippen molar-refractivity contribution >= 4 is 50.1 Å². The van der Waals surface area contributed by atoms with Gasteiger partial charge in [0.2, 0.25) is 5.91 Å². The van der Waals surface area contributed by atoms with Crippen LogP contribution in [0.15, 0.2) is 89.8 Å². The van der Waals surface area contributed by atoms with Gasteiger partial charge in [0.1, 0.15) is 15.8 Å². The van der Waals surface area contributed by atoms with Crippen molar-refractivity contribution in [2.75, 3.05) is 11.9 Å². The van der Waals surface area contributed by atoms with E-state index in [-0.39, 0.29) is 12.5 Å². The number of fused-ring (bicyclic) bond motifs is 1. The van der Waals surface area contributed by atoms with E-state index in [4.69, 9.17) is 4.74 Å². The lowest BCUT2D eigenvalue weighted by molar-refractivity contribution is -0.115. The van der Waals surface area contributed by atoms with Gasteiger partial charge in [-0.15, -0.1) is 23.1 Å². The molecule has 1 amide bonds. The molecule has 0 aliphatic carbocycles. The van der Waals surface area contributed by atoms with Gasteiger partial charge in [0, 0.05) is 15.0 Å². The Hall–Kier alpha value is -3.09. The van der Waals surface area contributed by atoms with E-state index in [2.05, 4.69) is 5.32 Å². The van der Waals surface area contributed by atoms with Crippen molar-refractivity contribution in [3.63, 3.8) is 0 Å². The maximum atomic E-state index is 13.4. The van der Waals surface area contributed by atoms with Gasteiger partial charge in [-0.2, -0.15) is 0 Å². The van der Waals surface area contributed by atoms with Gasteiger partial charge in [-0.05, 0) is 30.7 Å². The Balaban J connectivity index is 1.69. The number of thiophene rings is 1. The monoisotopic (exact) mass is 447 g/mol. The van der Waals surface area contributed by atoms with E-state index in [1.165, 1.54) is 23.1 Å². The van der Waals surface area contributed by atoms with Crippen molar-refractivity contribution in [3.05, 3.63) is 96.1 Å². The molecule has 31 heavy (non-hydrogen) atoms. The van der Waals surface area contributed by atoms with Crippen molar-refractivity contribution in [2.45, 2.75) is 17.1 Å². The van der Waals surface area contributed by atoms with Gasteiger partial charge in [-0.25, -0.2) is 4.79 Å². The number of carbonyl (C=O) groups excluding carboxylic acids is 2. The predicted molar refractivity (Wildman–Crippen MR) is 128 cm³/mol. The summed E-state index contributed by atoms with van der Waals surface area (Å²) in [6.07, 6.45) is 0. The number of anilines is 1. The fourth-order valence-electron chi connectivity index (χ4n) is 3.25. The highest BCUT2D eigenvalue weighted by molar-refractivity contribution is 8.00. The lowest BCUT2D eigenvalue weighted by Crippen LogP contribution is -2.20. The Bertz CT molecular complexity index is 1190. The molecule has 1 unspecified atom stereocenters. The zero-order valence-electron chi connectivity index (χ0n) is 16.9. The van der Waals surface area contributed by atoms with E-state index in [9.17, 15) is 9.59 Å². The molecule has 1 N–H and O–H groups in total. The first-order valence-electron chi connectivity index (χ1n) is 9.93. The van der Waals surface area contributed by atoms with Gasteiger partial charge in [-0.1, -0.05) is 66.7 Å². The summed E-state index contributed by atoms with van der Waals surface area (Å²) in [6, 6.07) is 27.1. The Morgan fingerprint density at radius 3 is 2.29 bits per heavy atom. The molecule has 4 nitrogen and oxygen atoms in total. The van der Waals surface area contributed by atoms with E-state index in [1.807, 2.05) is 84.9 Å². The number of hydrogen-bond acceptors (Lipinski definition) is 5. The standard InChI is InChI=1S/C25H21NO3S2/c1-2-29-25(28)21-19-15-9-10-16-20(19)31-24(21)26-23(27)22(17-11-5-3-6-12-17)30-18-13-7-4-8-14-18/h3-16,22H,2H2,1H3,(H,26,27). The normalized spacial score (nSPS) is 11.8. The predicted octanol–water partition coefficient (Wildman–Crippen LogP) is 6.55. The number of nitrogens with one attached hydrogen (secondary N) is 1. The third-order valence-electron chi connectivity index (χ3n) is 4.65. The number of ether oxygens (including phenoxy) is 1. The molecule has 4 aromatic rings. The molecule has 1 atom stereocenters. The lowest BCUT2D eigenvalue weighted by atomic mass is 10.1. The van der Waals surface area contributed by atoms with Crippen molar-refractivity contribution in [2.24, 2.45) is 0 Å². The molecule has 0 saturated carbocycles. The second-order valence-electron chi connectivity index (χ2n) is 6.73. The van der Waals surface area contributed by atoms with Crippen LogP contribution < -0.4 is 5.32 Å². The number of thioether (sulfide) groups is 1. The van der Waals surface area contributed by atoms with E-state index in [1.54, 1.807) is 6.92 Å². The molecule has 4 rings (SSSR count). The van der Waals surface area contributed by atoms with Crippen LogP contribution in [-0.2, 0) is 9.53 Å². The number of hydrogen-bond donors (Lipinski definition) is 1. The minimum absolute atomic E-state index is 0.183. The first-order chi connectivity index (χ1) is 15.2. The molecule has 156 valence electrons. The first kappa shape index (κ1) is 21.2. The summed E-state index contributed by atoms with van der Waals surface area (Å²) in [5.74, 6) is -0.612. The summed E-state index contributed by atoms with van der Waals surface area (Å²) >= 11 is 2.86.